The first-order chi connectivity index (χ1) is 10.1. The molecule has 0 bridgehead atoms. The van der Waals surface area contributed by atoms with Gasteiger partial charge in [-0.1, -0.05) is 30.3 Å². The number of benzene rings is 2. The lowest BCUT2D eigenvalue weighted by molar-refractivity contribution is -0.117. The van der Waals surface area contributed by atoms with Crippen molar-refractivity contribution in [3.05, 3.63) is 65.7 Å². The van der Waals surface area contributed by atoms with Crippen LogP contribution >= 0.6 is 0 Å². The predicted octanol–water partition coefficient (Wildman–Crippen LogP) is 1.85. The fourth-order valence-electron chi connectivity index (χ4n) is 2.10. The highest BCUT2D eigenvalue weighted by Gasteiger charge is 2.34. The quantitative estimate of drug-likeness (QED) is 0.651. The van der Waals surface area contributed by atoms with E-state index in [0.29, 0.717) is 11.3 Å². The van der Waals surface area contributed by atoms with Crippen molar-refractivity contribution in [2.75, 3.05) is 5.01 Å². The zero-order chi connectivity index (χ0) is 14.8. The van der Waals surface area contributed by atoms with E-state index in [1.165, 1.54) is 23.2 Å². The molecule has 0 spiro atoms. The molecule has 0 saturated carbocycles. The Balaban J connectivity index is 1.94. The number of hydrogen-bond acceptors (Lipinski definition) is 3. The van der Waals surface area contributed by atoms with Gasteiger partial charge >= 0.3 is 0 Å². The van der Waals surface area contributed by atoms with Gasteiger partial charge in [0, 0.05) is 0 Å². The molecule has 2 amide bonds. The molecule has 0 radical (unpaired) electrons. The lowest BCUT2D eigenvalue weighted by Crippen LogP contribution is -2.35. The van der Waals surface area contributed by atoms with Crippen LogP contribution < -0.4 is 10.4 Å². The molecule has 21 heavy (non-hydrogen) atoms. The van der Waals surface area contributed by atoms with Crippen LogP contribution in [0.3, 0.4) is 0 Å². The third-order valence-electron chi connectivity index (χ3n) is 3.09. The number of carbonyl (C=O) groups excluding carboxylic acids is 2. The molecule has 104 valence electrons. The van der Waals surface area contributed by atoms with Crippen molar-refractivity contribution >= 4 is 23.6 Å². The molecule has 0 aliphatic carbocycles. The van der Waals surface area contributed by atoms with Gasteiger partial charge in [0.2, 0.25) is 0 Å². The van der Waals surface area contributed by atoms with Gasteiger partial charge < -0.3 is 5.11 Å². The van der Waals surface area contributed by atoms with Crippen LogP contribution in [0.4, 0.5) is 5.69 Å². The summed E-state index contributed by atoms with van der Waals surface area (Å²) in [6.07, 6.45) is 1.46. The molecule has 1 aliphatic rings. The van der Waals surface area contributed by atoms with Crippen LogP contribution in [-0.2, 0) is 9.59 Å². The summed E-state index contributed by atoms with van der Waals surface area (Å²) in [7, 11) is 0. The smallest absolute Gasteiger partial charge is 0.282 e. The van der Waals surface area contributed by atoms with Gasteiger partial charge in [-0.15, -0.1) is 0 Å². The van der Waals surface area contributed by atoms with Gasteiger partial charge in [0.05, 0.1) is 5.69 Å². The Hall–Kier alpha value is -3.08. The predicted molar refractivity (Wildman–Crippen MR) is 78.2 cm³/mol. The number of hydrazine groups is 1. The Labute approximate surface area is 121 Å². The minimum absolute atomic E-state index is 0.0319. The average molecular weight is 280 g/mol. The first kappa shape index (κ1) is 12.9. The molecular weight excluding hydrogens is 268 g/mol. The fourth-order valence-corrected chi connectivity index (χ4v) is 2.10. The number of amides is 2. The second-order valence-corrected chi connectivity index (χ2v) is 4.57. The Morgan fingerprint density at radius 1 is 1.00 bits per heavy atom. The second kappa shape index (κ2) is 5.13. The van der Waals surface area contributed by atoms with Crippen molar-refractivity contribution < 1.29 is 14.7 Å². The molecular formula is C16H12N2O3. The van der Waals surface area contributed by atoms with Gasteiger partial charge in [0.25, 0.3) is 11.8 Å². The van der Waals surface area contributed by atoms with E-state index in [9.17, 15) is 14.7 Å². The molecule has 1 saturated heterocycles. The summed E-state index contributed by atoms with van der Waals surface area (Å²) in [5.74, 6) is -0.808. The van der Waals surface area contributed by atoms with Gasteiger partial charge in [-0.2, -0.15) is 0 Å². The number of phenolic OH excluding ortho intramolecular Hbond substituents is 1. The van der Waals surface area contributed by atoms with Crippen molar-refractivity contribution in [2.45, 2.75) is 0 Å². The number of carbonyl (C=O) groups is 2. The van der Waals surface area contributed by atoms with E-state index >= 15 is 0 Å². The highest BCUT2D eigenvalue weighted by atomic mass is 16.3. The summed E-state index contributed by atoms with van der Waals surface area (Å²) in [5.41, 5.74) is 3.73. The lowest BCUT2D eigenvalue weighted by atomic mass is 10.1. The molecule has 1 heterocycles. The maximum absolute atomic E-state index is 12.3. The molecule has 1 fully saturated rings. The summed E-state index contributed by atoms with van der Waals surface area (Å²) in [4.78, 5) is 24.3. The largest absolute Gasteiger partial charge is 0.508 e. The van der Waals surface area contributed by atoms with Crippen LogP contribution in [0.15, 0.2) is 60.2 Å². The molecule has 0 unspecified atom stereocenters. The van der Waals surface area contributed by atoms with Gasteiger partial charge in [-0.05, 0) is 35.9 Å². The average Bonchev–Trinajstić information content (AvgIpc) is 2.76. The number of hydrogen-bond donors (Lipinski definition) is 2. The standard InChI is InChI=1S/C16H12N2O3/c19-13-8-4-5-11(9-13)10-14-15(20)17-18(16(14)21)12-6-2-1-3-7-12/h1-10,19H,(H,17,20). The van der Waals surface area contributed by atoms with E-state index in [1.54, 1.807) is 36.4 Å². The summed E-state index contributed by atoms with van der Waals surface area (Å²) >= 11 is 0. The monoisotopic (exact) mass is 280 g/mol. The van der Waals surface area contributed by atoms with Crippen LogP contribution in [0, 0.1) is 0 Å². The van der Waals surface area contributed by atoms with E-state index < -0.39 is 11.8 Å². The van der Waals surface area contributed by atoms with Crippen LogP contribution in [0.25, 0.3) is 6.08 Å². The highest BCUT2D eigenvalue weighted by Crippen LogP contribution is 2.22. The zero-order valence-corrected chi connectivity index (χ0v) is 11.0. The van der Waals surface area contributed by atoms with Crippen LogP contribution in [-0.4, -0.2) is 16.9 Å². The third kappa shape index (κ3) is 2.49. The maximum atomic E-state index is 12.3. The number of rotatable bonds is 2. The SMILES string of the molecule is O=C1NN(c2ccccc2)C(=O)C1=Cc1cccc(O)c1. The van der Waals surface area contributed by atoms with Gasteiger partial charge in [0.1, 0.15) is 11.3 Å². The number of aromatic hydroxyl groups is 1. The van der Waals surface area contributed by atoms with Gasteiger partial charge in [-0.25, -0.2) is 5.01 Å². The minimum Gasteiger partial charge on any atom is -0.508 e. The molecule has 5 nitrogen and oxygen atoms in total. The Kier molecular flexibility index (Phi) is 3.16. The van der Waals surface area contributed by atoms with E-state index in [4.69, 9.17) is 0 Å². The first-order valence-corrected chi connectivity index (χ1v) is 6.36. The van der Waals surface area contributed by atoms with Crippen molar-refractivity contribution in [3.63, 3.8) is 0 Å². The minimum atomic E-state index is -0.466. The Morgan fingerprint density at radius 2 is 1.76 bits per heavy atom. The fraction of sp³-hybridized carbons (Fsp3) is 0. The number of nitrogens with one attached hydrogen (secondary N) is 1. The topological polar surface area (TPSA) is 69.6 Å². The van der Waals surface area contributed by atoms with Crippen molar-refractivity contribution in [3.8, 4) is 5.75 Å². The summed E-state index contributed by atoms with van der Waals surface area (Å²) in [5, 5.41) is 10.6. The third-order valence-corrected chi connectivity index (χ3v) is 3.09. The number of para-hydroxylation sites is 1. The molecule has 2 aromatic carbocycles. The molecule has 2 N–H and O–H groups in total. The molecule has 2 aromatic rings. The lowest BCUT2D eigenvalue weighted by Gasteiger charge is -2.13. The summed E-state index contributed by atoms with van der Waals surface area (Å²) in [6.45, 7) is 0. The van der Waals surface area contributed by atoms with Gasteiger partial charge in [0.15, 0.2) is 0 Å². The number of phenols is 1. The molecule has 0 aromatic heterocycles. The number of anilines is 1. The van der Waals surface area contributed by atoms with Crippen LogP contribution in [0.2, 0.25) is 0 Å². The van der Waals surface area contributed by atoms with Crippen molar-refractivity contribution in [2.24, 2.45) is 0 Å². The molecule has 5 heteroatoms. The zero-order valence-electron chi connectivity index (χ0n) is 11.0. The van der Waals surface area contributed by atoms with Gasteiger partial charge in [-0.3, -0.25) is 15.0 Å². The highest BCUT2D eigenvalue weighted by molar-refractivity contribution is 6.31. The molecule has 3 rings (SSSR count). The first-order valence-electron chi connectivity index (χ1n) is 6.36. The van der Waals surface area contributed by atoms with E-state index in [1.807, 2.05) is 6.07 Å². The normalized spacial score (nSPS) is 16.4. The molecule has 0 atom stereocenters. The van der Waals surface area contributed by atoms with Crippen molar-refractivity contribution in [1.82, 2.24) is 5.43 Å². The van der Waals surface area contributed by atoms with E-state index in [2.05, 4.69) is 5.43 Å². The summed E-state index contributed by atoms with van der Waals surface area (Å²) < 4.78 is 0. The summed E-state index contributed by atoms with van der Waals surface area (Å²) in [6, 6.07) is 15.2. The number of nitrogens with zero attached hydrogens (tertiary/aromatic N) is 1. The Morgan fingerprint density at radius 3 is 2.48 bits per heavy atom. The van der Waals surface area contributed by atoms with Crippen LogP contribution in [0.1, 0.15) is 5.56 Å². The maximum Gasteiger partial charge on any atom is 0.282 e. The van der Waals surface area contributed by atoms with E-state index in [0.717, 1.165) is 0 Å². The van der Waals surface area contributed by atoms with E-state index in [-0.39, 0.29) is 11.3 Å². The van der Waals surface area contributed by atoms with Crippen LogP contribution in [0.5, 0.6) is 5.75 Å². The Bertz CT molecular complexity index is 738. The second-order valence-electron chi connectivity index (χ2n) is 4.57. The molecule has 1 aliphatic heterocycles. The van der Waals surface area contributed by atoms with Crippen molar-refractivity contribution in [1.29, 1.82) is 0 Å².